The van der Waals surface area contributed by atoms with E-state index in [2.05, 4.69) is 0 Å². The lowest BCUT2D eigenvalue weighted by Gasteiger charge is -2.39. The molecule has 1 aliphatic heterocycles. The quantitative estimate of drug-likeness (QED) is 0.467. The number of Topliss-reactive ketones (excluding diaryl/α,β-unsaturated/α-hetero) is 1. The van der Waals surface area contributed by atoms with Crippen molar-refractivity contribution in [3.8, 4) is 11.5 Å². The van der Waals surface area contributed by atoms with Crippen LogP contribution in [0.3, 0.4) is 0 Å². The first-order valence-electron chi connectivity index (χ1n) is 8.60. The molecule has 0 radical (unpaired) electrons. The second-order valence-corrected chi connectivity index (χ2v) is 7.09. The Bertz CT molecular complexity index is 913. The van der Waals surface area contributed by atoms with Gasteiger partial charge in [0.05, 0.1) is 22.6 Å². The highest BCUT2D eigenvalue weighted by atomic mass is 35.5. The smallest absolute Gasteiger partial charge is 0.229 e. The highest BCUT2D eigenvalue weighted by Gasteiger charge is 2.45. The zero-order valence-corrected chi connectivity index (χ0v) is 15.9. The molecule has 2 aromatic carbocycles. The normalized spacial score (nSPS) is 27.8. The molecule has 0 unspecified atom stereocenters. The molecule has 152 valence electrons. The van der Waals surface area contributed by atoms with Crippen molar-refractivity contribution in [2.45, 2.75) is 44.6 Å². The van der Waals surface area contributed by atoms with Crippen LogP contribution in [-0.4, -0.2) is 68.6 Å². The van der Waals surface area contributed by atoms with Gasteiger partial charge in [0.1, 0.15) is 35.9 Å². The summed E-state index contributed by atoms with van der Waals surface area (Å²) in [6.07, 6.45) is -7.35. The van der Waals surface area contributed by atoms with Crippen LogP contribution in [0.2, 0.25) is 5.02 Å². The zero-order valence-electron chi connectivity index (χ0n) is 15.2. The third-order valence-electron chi connectivity index (χ3n) is 4.88. The summed E-state index contributed by atoms with van der Waals surface area (Å²) in [5.74, 6) is -0.672. The fraction of sp³-hybridized carbons (Fsp3) is 0.421. The molecule has 1 aliphatic rings. The molecule has 0 spiro atoms. The van der Waals surface area contributed by atoms with Crippen molar-refractivity contribution < 1.29 is 39.8 Å². The van der Waals surface area contributed by atoms with E-state index in [0.29, 0.717) is 10.9 Å². The lowest BCUT2D eigenvalue weighted by molar-refractivity contribution is -0.277. The van der Waals surface area contributed by atoms with E-state index < -0.39 is 37.3 Å². The van der Waals surface area contributed by atoms with Gasteiger partial charge in [-0.1, -0.05) is 23.7 Å². The van der Waals surface area contributed by atoms with Gasteiger partial charge in [-0.2, -0.15) is 0 Å². The van der Waals surface area contributed by atoms with Gasteiger partial charge in [0.2, 0.25) is 6.29 Å². The van der Waals surface area contributed by atoms with Gasteiger partial charge in [0, 0.05) is 5.39 Å². The van der Waals surface area contributed by atoms with E-state index in [9.17, 15) is 30.3 Å². The minimum Gasteiger partial charge on any atom is -0.506 e. The maximum absolute atomic E-state index is 12.0. The van der Waals surface area contributed by atoms with Crippen LogP contribution in [0.1, 0.15) is 22.8 Å². The number of carbonyl (C=O) groups is 1. The minimum atomic E-state index is -1.62. The Kier molecular flexibility index (Phi) is 5.81. The largest absolute Gasteiger partial charge is 0.506 e. The number of aromatic hydroxyl groups is 1. The molecule has 9 heteroatoms. The molecule has 5 atom stereocenters. The number of hydrogen-bond acceptors (Lipinski definition) is 8. The van der Waals surface area contributed by atoms with Gasteiger partial charge in [-0.15, -0.1) is 0 Å². The highest BCUT2D eigenvalue weighted by molar-refractivity contribution is 6.37. The van der Waals surface area contributed by atoms with Gasteiger partial charge in [-0.3, -0.25) is 4.79 Å². The van der Waals surface area contributed by atoms with E-state index in [-0.39, 0.29) is 33.3 Å². The maximum Gasteiger partial charge on any atom is 0.229 e. The number of ether oxygens (including phenoxy) is 2. The summed E-state index contributed by atoms with van der Waals surface area (Å²) in [6.45, 7) is 2.31. The first kappa shape index (κ1) is 20.8. The second-order valence-electron chi connectivity index (χ2n) is 6.71. The van der Waals surface area contributed by atoms with E-state index in [1.165, 1.54) is 13.0 Å². The van der Waals surface area contributed by atoms with Gasteiger partial charge in [0.15, 0.2) is 5.78 Å². The first-order valence-corrected chi connectivity index (χ1v) is 8.98. The van der Waals surface area contributed by atoms with Crippen LogP contribution in [0.4, 0.5) is 0 Å². The molecule has 0 aromatic heterocycles. The van der Waals surface area contributed by atoms with Crippen LogP contribution in [0.15, 0.2) is 18.2 Å². The van der Waals surface area contributed by atoms with Crippen molar-refractivity contribution in [1.82, 2.24) is 0 Å². The van der Waals surface area contributed by atoms with Crippen LogP contribution in [0.5, 0.6) is 11.5 Å². The van der Waals surface area contributed by atoms with Gasteiger partial charge in [-0.25, -0.2) is 0 Å². The fourth-order valence-corrected chi connectivity index (χ4v) is 3.64. The zero-order chi connectivity index (χ0) is 20.7. The molecular weight excluding hydrogens is 392 g/mol. The molecule has 1 fully saturated rings. The molecular formula is C19H21ClO8. The van der Waals surface area contributed by atoms with E-state index in [4.69, 9.17) is 21.1 Å². The Morgan fingerprint density at radius 3 is 2.50 bits per heavy atom. The maximum atomic E-state index is 12.0. The Morgan fingerprint density at radius 2 is 1.89 bits per heavy atom. The Morgan fingerprint density at radius 1 is 1.21 bits per heavy atom. The molecule has 5 N–H and O–H groups in total. The Labute approximate surface area is 165 Å². The molecule has 1 heterocycles. The standard InChI is InChI=1S/C19H21ClO8/c1-7-12(8(2)22)16(24)13-9(14(7)20)4-3-5-10(13)27-19-18(26)17(25)15(23)11(6-21)28-19/h3-5,11,15,17-19,21,23-26H,6H2,1-2H3/t11-,15-,17+,18-,19-/m1/s1. The number of phenolic OH excluding ortho intramolecular Hbond substituents is 1. The number of hydrogen-bond donors (Lipinski definition) is 5. The predicted octanol–water partition coefficient (Wildman–Crippen LogP) is 0.889. The topological polar surface area (TPSA) is 137 Å². The second kappa shape index (κ2) is 7.82. The van der Waals surface area contributed by atoms with Gasteiger partial charge in [0.25, 0.3) is 0 Å². The lowest BCUT2D eigenvalue weighted by atomic mass is 9.97. The molecule has 3 rings (SSSR count). The lowest BCUT2D eigenvalue weighted by Crippen LogP contribution is -2.60. The summed E-state index contributed by atoms with van der Waals surface area (Å²) in [5, 5.41) is 50.8. The minimum absolute atomic E-state index is 0.0438. The third-order valence-corrected chi connectivity index (χ3v) is 5.37. The van der Waals surface area contributed by atoms with E-state index in [1.807, 2.05) is 0 Å². The van der Waals surface area contributed by atoms with Crippen LogP contribution in [-0.2, 0) is 4.74 Å². The number of aliphatic hydroxyl groups excluding tert-OH is 4. The Balaban J connectivity index is 2.10. The summed E-state index contributed by atoms with van der Waals surface area (Å²) in [6, 6.07) is 4.70. The van der Waals surface area contributed by atoms with Gasteiger partial charge < -0.3 is 35.0 Å². The average molecular weight is 413 g/mol. The van der Waals surface area contributed by atoms with Crippen LogP contribution >= 0.6 is 11.6 Å². The third kappa shape index (κ3) is 3.32. The monoisotopic (exact) mass is 412 g/mol. The van der Waals surface area contributed by atoms with Crippen molar-refractivity contribution in [2.75, 3.05) is 6.61 Å². The molecule has 8 nitrogen and oxygen atoms in total. The van der Waals surface area contributed by atoms with Gasteiger partial charge in [-0.05, 0) is 25.5 Å². The number of aliphatic hydroxyl groups is 4. The van der Waals surface area contributed by atoms with Crippen molar-refractivity contribution in [2.24, 2.45) is 0 Å². The summed E-state index contributed by atoms with van der Waals surface area (Å²) in [5.41, 5.74) is 0.464. The SMILES string of the molecule is CC(=O)c1c(C)c(Cl)c2cccc(O[C@@H]3O[C@H](CO)[C@@H](O)[C@H](O)[C@H]3O)c2c1O. The van der Waals surface area contributed by atoms with Crippen molar-refractivity contribution in [1.29, 1.82) is 0 Å². The number of benzene rings is 2. The van der Waals surface area contributed by atoms with E-state index in [1.54, 1.807) is 19.1 Å². The summed E-state index contributed by atoms with van der Waals surface area (Å²) >= 11 is 6.37. The molecule has 1 saturated heterocycles. The van der Waals surface area contributed by atoms with Crippen LogP contribution < -0.4 is 4.74 Å². The number of phenols is 1. The number of halogens is 1. The van der Waals surface area contributed by atoms with Crippen LogP contribution in [0, 0.1) is 6.92 Å². The molecule has 0 saturated carbocycles. The van der Waals surface area contributed by atoms with Crippen molar-refractivity contribution >= 4 is 28.2 Å². The van der Waals surface area contributed by atoms with Gasteiger partial charge >= 0.3 is 0 Å². The fourth-order valence-electron chi connectivity index (χ4n) is 3.39. The molecule has 28 heavy (non-hydrogen) atoms. The highest BCUT2D eigenvalue weighted by Crippen LogP contribution is 2.43. The van der Waals surface area contributed by atoms with E-state index >= 15 is 0 Å². The summed E-state index contributed by atoms with van der Waals surface area (Å²) < 4.78 is 11.0. The van der Waals surface area contributed by atoms with Crippen molar-refractivity contribution in [3.05, 3.63) is 34.3 Å². The average Bonchev–Trinajstić information content (AvgIpc) is 2.66. The number of carbonyl (C=O) groups excluding carboxylic acids is 1. The number of rotatable bonds is 4. The number of fused-ring (bicyclic) bond motifs is 1. The molecule has 0 amide bonds. The van der Waals surface area contributed by atoms with Crippen LogP contribution in [0.25, 0.3) is 10.8 Å². The predicted molar refractivity (Wildman–Crippen MR) is 99.8 cm³/mol. The molecule has 0 bridgehead atoms. The summed E-state index contributed by atoms with van der Waals surface area (Å²) in [7, 11) is 0. The Hall–Kier alpha value is -1.94. The molecule has 2 aromatic rings. The summed E-state index contributed by atoms with van der Waals surface area (Å²) in [4.78, 5) is 12.0. The number of ketones is 1. The molecule has 0 aliphatic carbocycles. The first-order chi connectivity index (χ1) is 13.2. The van der Waals surface area contributed by atoms with Crippen molar-refractivity contribution in [3.63, 3.8) is 0 Å². The van der Waals surface area contributed by atoms with E-state index in [0.717, 1.165) is 0 Å².